The number of benzene rings is 1. The number of pyridine rings is 1. The van der Waals surface area contributed by atoms with E-state index in [4.69, 9.17) is 0 Å². The van der Waals surface area contributed by atoms with Crippen LogP contribution in [0, 0.1) is 12.8 Å². The molecule has 2 aromatic heterocycles. The van der Waals surface area contributed by atoms with Gasteiger partial charge in [-0.3, -0.25) is 14.4 Å². The first-order valence-electron chi connectivity index (χ1n) is 10.5. The number of anilines is 1. The molecule has 1 atom stereocenters. The van der Waals surface area contributed by atoms with Crippen LogP contribution in [0.1, 0.15) is 35.8 Å². The predicted octanol–water partition coefficient (Wildman–Crippen LogP) is 2.61. The molecule has 160 valence electrons. The Morgan fingerprint density at radius 1 is 1.16 bits per heavy atom. The molecule has 0 bridgehead atoms. The summed E-state index contributed by atoms with van der Waals surface area (Å²) in [6, 6.07) is 10.7. The van der Waals surface area contributed by atoms with Gasteiger partial charge in [-0.2, -0.15) is 5.10 Å². The Balaban J connectivity index is 1.58. The fraction of sp³-hybridized carbons (Fsp3) is 0.348. The van der Waals surface area contributed by atoms with Gasteiger partial charge in [0.05, 0.1) is 11.3 Å². The van der Waals surface area contributed by atoms with Crippen molar-refractivity contribution < 1.29 is 9.59 Å². The molecule has 1 aromatic carbocycles. The van der Waals surface area contributed by atoms with Crippen molar-refractivity contribution in [3.63, 3.8) is 0 Å². The van der Waals surface area contributed by atoms with E-state index >= 15 is 0 Å². The van der Waals surface area contributed by atoms with Crippen LogP contribution in [0.2, 0.25) is 0 Å². The van der Waals surface area contributed by atoms with Crippen LogP contribution >= 0.6 is 0 Å². The molecule has 1 fully saturated rings. The minimum Gasteiger partial charge on any atom is -0.336 e. The lowest BCUT2D eigenvalue weighted by molar-refractivity contribution is -0.121. The topological polar surface area (TPSA) is 97.2 Å². The molecule has 3 heterocycles. The van der Waals surface area contributed by atoms with Gasteiger partial charge in [0.25, 0.3) is 11.5 Å². The molecule has 4 rings (SSSR count). The van der Waals surface area contributed by atoms with Crippen molar-refractivity contribution >= 4 is 28.4 Å². The number of aryl methyl sites for hydroxylation is 2. The van der Waals surface area contributed by atoms with E-state index in [0.29, 0.717) is 42.6 Å². The van der Waals surface area contributed by atoms with Gasteiger partial charge in [0.1, 0.15) is 5.82 Å². The Hall–Kier alpha value is -3.55. The van der Waals surface area contributed by atoms with E-state index in [9.17, 15) is 14.4 Å². The Morgan fingerprint density at radius 2 is 1.94 bits per heavy atom. The summed E-state index contributed by atoms with van der Waals surface area (Å²) < 4.78 is 1.31. The zero-order valence-electron chi connectivity index (χ0n) is 17.7. The Bertz CT molecular complexity index is 1200. The van der Waals surface area contributed by atoms with Crippen LogP contribution < -0.4 is 10.9 Å². The van der Waals surface area contributed by atoms with E-state index in [-0.39, 0.29) is 29.0 Å². The molecule has 1 aliphatic heterocycles. The van der Waals surface area contributed by atoms with Crippen LogP contribution in [-0.2, 0) is 11.3 Å². The first-order chi connectivity index (χ1) is 15.0. The van der Waals surface area contributed by atoms with E-state index < -0.39 is 0 Å². The number of rotatable bonds is 4. The second kappa shape index (κ2) is 8.67. The molecule has 31 heavy (non-hydrogen) atoms. The maximum absolute atomic E-state index is 13.4. The third kappa shape index (κ3) is 4.05. The summed E-state index contributed by atoms with van der Waals surface area (Å²) in [4.78, 5) is 44.7. The predicted molar refractivity (Wildman–Crippen MR) is 118 cm³/mol. The minimum atomic E-state index is -0.331. The summed E-state index contributed by atoms with van der Waals surface area (Å²) >= 11 is 0. The molecule has 0 saturated carbocycles. The zero-order valence-corrected chi connectivity index (χ0v) is 17.7. The number of likely N-dealkylation sites (tertiary alicyclic amines) is 1. The smallest absolute Gasteiger partial charge is 0.274 e. The molecule has 3 aromatic rings. The average molecular weight is 419 g/mol. The van der Waals surface area contributed by atoms with Gasteiger partial charge in [-0.15, -0.1) is 0 Å². The number of aromatic nitrogens is 3. The van der Waals surface area contributed by atoms with Crippen LogP contribution in [-0.4, -0.2) is 44.6 Å². The van der Waals surface area contributed by atoms with Gasteiger partial charge in [0.2, 0.25) is 5.91 Å². The molecule has 0 spiro atoms. The number of nitrogens with one attached hydrogen (secondary N) is 1. The molecule has 2 amide bonds. The zero-order chi connectivity index (χ0) is 22.0. The van der Waals surface area contributed by atoms with Crippen LogP contribution in [0.3, 0.4) is 0 Å². The summed E-state index contributed by atoms with van der Waals surface area (Å²) in [6.45, 7) is 4.93. The lowest BCUT2D eigenvalue weighted by Crippen LogP contribution is -2.44. The third-order valence-corrected chi connectivity index (χ3v) is 5.70. The van der Waals surface area contributed by atoms with Gasteiger partial charge in [0.15, 0.2) is 5.69 Å². The van der Waals surface area contributed by atoms with E-state index in [0.717, 1.165) is 12.0 Å². The number of carbonyl (C=O) groups is 2. The van der Waals surface area contributed by atoms with Crippen molar-refractivity contribution in [2.24, 2.45) is 5.92 Å². The highest BCUT2D eigenvalue weighted by atomic mass is 16.2. The van der Waals surface area contributed by atoms with E-state index in [1.807, 2.05) is 26.0 Å². The van der Waals surface area contributed by atoms with E-state index in [1.165, 1.54) is 4.68 Å². The number of carbonyl (C=O) groups excluding carboxylic acids is 2. The van der Waals surface area contributed by atoms with Crippen molar-refractivity contribution in [2.45, 2.75) is 33.2 Å². The Morgan fingerprint density at radius 3 is 2.68 bits per heavy atom. The lowest BCUT2D eigenvalue weighted by Gasteiger charge is -2.32. The van der Waals surface area contributed by atoms with Gasteiger partial charge >= 0.3 is 0 Å². The lowest BCUT2D eigenvalue weighted by atomic mass is 9.96. The van der Waals surface area contributed by atoms with Crippen molar-refractivity contribution in [2.75, 3.05) is 18.4 Å². The fourth-order valence-corrected chi connectivity index (χ4v) is 3.97. The van der Waals surface area contributed by atoms with E-state index in [2.05, 4.69) is 15.4 Å². The molecule has 1 saturated heterocycles. The highest BCUT2D eigenvalue weighted by Gasteiger charge is 2.31. The molecule has 1 N–H and O–H groups in total. The molecule has 8 heteroatoms. The maximum atomic E-state index is 13.4. The minimum absolute atomic E-state index is 0.143. The molecule has 1 aliphatic rings. The summed E-state index contributed by atoms with van der Waals surface area (Å²) in [5.41, 5.74) is 0.923. The van der Waals surface area contributed by atoms with Crippen LogP contribution in [0.25, 0.3) is 10.8 Å². The SMILES string of the molecule is CCn1nc(C(=O)N2CCCC(C(=O)Nc3ncccc3C)C2)c2ccccc2c1=O. The first kappa shape index (κ1) is 20.7. The number of nitrogens with zero attached hydrogens (tertiary/aromatic N) is 4. The highest BCUT2D eigenvalue weighted by molar-refractivity contribution is 6.05. The standard InChI is InChI=1S/C23H25N5O3/c1-3-28-22(30)18-11-5-4-10-17(18)19(26-28)23(31)27-13-7-9-16(14-27)21(29)25-20-15(2)8-6-12-24-20/h4-6,8,10-12,16H,3,7,9,13-14H2,1-2H3,(H,24,25,29). The second-order valence-electron chi connectivity index (χ2n) is 7.76. The van der Waals surface area contributed by atoms with Gasteiger partial charge in [-0.1, -0.05) is 24.3 Å². The number of hydrogen-bond donors (Lipinski definition) is 1. The molecule has 8 nitrogen and oxygen atoms in total. The second-order valence-corrected chi connectivity index (χ2v) is 7.76. The van der Waals surface area contributed by atoms with Crippen LogP contribution in [0.5, 0.6) is 0 Å². The molecule has 0 radical (unpaired) electrons. The monoisotopic (exact) mass is 419 g/mol. The maximum Gasteiger partial charge on any atom is 0.274 e. The van der Waals surface area contributed by atoms with Crippen molar-refractivity contribution in [1.82, 2.24) is 19.7 Å². The van der Waals surface area contributed by atoms with Gasteiger partial charge in [-0.25, -0.2) is 9.67 Å². The molecular weight excluding hydrogens is 394 g/mol. The number of fused-ring (bicyclic) bond motifs is 1. The van der Waals surface area contributed by atoms with Gasteiger partial charge in [-0.05, 0) is 44.4 Å². The van der Waals surface area contributed by atoms with Crippen LogP contribution in [0.4, 0.5) is 5.82 Å². The number of hydrogen-bond acceptors (Lipinski definition) is 5. The molecule has 1 unspecified atom stereocenters. The highest BCUT2D eigenvalue weighted by Crippen LogP contribution is 2.22. The molecular formula is C23H25N5O3. The quantitative estimate of drug-likeness (QED) is 0.701. The summed E-state index contributed by atoms with van der Waals surface area (Å²) in [7, 11) is 0. The van der Waals surface area contributed by atoms with E-state index in [1.54, 1.807) is 35.4 Å². The largest absolute Gasteiger partial charge is 0.336 e. The Labute approximate surface area is 179 Å². The normalized spacial score (nSPS) is 16.3. The summed E-state index contributed by atoms with van der Waals surface area (Å²) in [5, 5.41) is 8.24. The average Bonchev–Trinajstić information content (AvgIpc) is 2.80. The third-order valence-electron chi connectivity index (χ3n) is 5.70. The van der Waals surface area contributed by atoms with Crippen molar-refractivity contribution in [1.29, 1.82) is 0 Å². The van der Waals surface area contributed by atoms with Gasteiger partial charge < -0.3 is 10.2 Å². The number of piperidine rings is 1. The fourth-order valence-electron chi connectivity index (χ4n) is 3.97. The van der Waals surface area contributed by atoms with Crippen molar-refractivity contribution in [3.05, 3.63) is 64.2 Å². The van der Waals surface area contributed by atoms with Gasteiger partial charge in [0, 0.05) is 31.2 Å². The molecule has 0 aliphatic carbocycles. The Kier molecular flexibility index (Phi) is 5.79. The number of amides is 2. The summed E-state index contributed by atoms with van der Waals surface area (Å²) in [6.07, 6.45) is 3.05. The summed E-state index contributed by atoms with van der Waals surface area (Å²) in [5.74, 6) is -0.193. The van der Waals surface area contributed by atoms with Crippen LogP contribution in [0.15, 0.2) is 47.4 Å². The van der Waals surface area contributed by atoms with Crippen molar-refractivity contribution in [3.8, 4) is 0 Å². The first-order valence-corrected chi connectivity index (χ1v) is 10.5.